The number of carbonyl (C=O) groups is 4. The summed E-state index contributed by atoms with van der Waals surface area (Å²) in [7, 11) is -3.43. The van der Waals surface area contributed by atoms with Gasteiger partial charge in [-0.05, 0) is 62.7 Å². The van der Waals surface area contributed by atoms with E-state index in [-0.39, 0.29) is 36.3 Å². The monoisotopic (exact) mass is 695 g/mol. The fourth-order valence-corrected chi connectivity index (χ4v) is 8.66. The summed E-state index contributed by atoms with van der Waals surface area (Å²) in [5.74, 6) is -1.71. The Hall–Kier alpha value is -2.77. The Morgan fingerprint density at radius 1 is 1.00 bits per heavy atom. The van der Waals surface area contributed by atoms with E-state index in [2.05, 4.69) is 34.4 Å². The number of hydrogen-bond donors (Lipinski definition) is 5. The van der Waals surface area contributed by atoms with Gasteiger partial charge in [0.05, 0.1) is 29.1 Å². The maximum absolute atomic E-state index is 14.1. The third kappa shape index (κ3) is 12.9. The lowest BCUT2D eigenvalue weighted by Gasteiger charge is -2.40. The molecule has 2 rings (SSSR count). The van der Waals surface area contributed by atoms with Gasteiger partial charge >= 0.3 is 6.03 Å². The van der Waals surface area contributed by atoms with E-state index in [4.69, 9.17) is 0 Å². The Labute approximate surface area is 288 Å². The summed E-state index contributed by atoms with van der Waals surface area (Å²) >= 11 is 0. The third-order valence-electron chi connectivity index (χ3n) is 9.23. The molecule has 5 N–H and O–H groups in total. The quantitative estimate of drug-likeness (QED) is 0.0592. The number of rotatable bonds is 19. The van der Waals surface area contributed by atoms with Gasteiger partial charge in [-0.1, -0.05) is 66.0 Å². The van der Waals surface area contributed by atoms with Gasteiger partial charge in [0.1, 0.15) is 12.3 Å². The first-order valence-electron chi connectivity index (χ1n) is 17.5. The van der Waals surface area contributed by atoms with Gasteiger partial charge in [-0.25, -0.2) is 13.2 Å². The third-order valence-corrected chi connectivity index (χ3v) is 11.1. The van der Waals surface area contributed by atoms with Gasteiger partial charge in [0.2, 0.25) is 11.7 Å². The van der Waals surface area contributed by atoms with Gasteiger partial charge in [-0.3, -0.25) is 19.7 Å². The molecule has 0 aromatic rings. The minimum Gasteiger partial charge on any atom is -0.376 e. The summed E-state index contributed by atoms with van der Waals surface area (Å²) in [5.41, 5.74) is -1.64. The van der Waals surface area contributed by atoms with Crippen LogP contribution in [0.3, 0.4) is 0 Å². The van der Waals surface area contributed by atoms with Crippen LogP contribution in [0.2, 0.25) is 0 Å². The number of aliphatic hydroxyl groups excluding tert-OH is 1. The van der Waals surface area contributed by atoms with Crippen molar-refractivity contribution in [2.75, 3.05) is 24.6 Å². The second kappa shape index (κ2) is 18.8. The smallest absolute Gasteiger partial charge is 0.315 e. The number of Topliss-reactive ketones (excluding diaryl/α,β-unsaturated/α-hetero) is 1. The highest BCUT2D eigenvalue weighted by Crippen LogP contribution is 2.31. The molecule has 0 aromatic carbocycles. The molecule has 0 aromatic heterocycles. The van der Waals surface area contributed by atoms with Crippen LogP contribution in [0.25, 0.3) is 0 Å². The van der Waals surface area contributed by atoms with E-state index in [9.17, 15) is 32.7 Å². The topological polar surface area (TPSA) is 174 Å². The van der Waals surface area contributed by atoms with Crippen molar-refractivity contribution in [1.82, 2.24) is 26.2 Å². The molecule has 0 spiro atoms. The molecule has 0 radical (unpaired) electrons. The highest BCUT2D eigenvalue weighted by molar-refractivity contribution is 7.91. The maximum atomic E-state index is 14.1. The first kappa shape index (κ1) is 41.4. The molecular formula is C35H61N5O7S. The number of urea groups is 1. The van der Waals surface area contributed by atoms with Gasteiger partial charge in [0.25, 0.3) is 5.91 Å². The summed E-state index contributed by atoms with van der Waals surface area (Å²) < 4.78 is 26.2. The lowest BCUT2D eigenvalue weighted by Crippen LogP contribution is -2.63. The molecule has 4 unspecified atom stereocenters. The van der Waals surface area contributed by atoms with Crippen LogP contribution in [0.4, 0.5) is 4.79 Å². The number of hydrogen-bond acceptors (Lipinski definition) is 8. The Kier molecular flexibility index (Phi) is 16.3. The van der Waals surface area contributed by atoms with Gasteiger partial charge in [-0.15, -0.1) is 13.2 Å². The fourth-order valence-electron chi connectivity index (χ4n) is 6.48. The Morgan fingerprint density at radius 2 is 1.65 bits per heavy atom. The van der Waals surface area contributed by atoms with E-state index < -0.39 is 62.9 Å². The van der Waals surface area contributed by atoms with Crippen LogP contribution in [0.5, 0.6) is 0 Å². The summed E-state index contributed by atoms with van der Waals surface area (Å²) in [5, 5.41) is 22.6. The van der Waals surface area contributed by atoms with Gasteiger partial charge < -0.3 is 26.0 Å². The van der Waals surface area contributed by atoms with Crippen LogP contribution in [0.15, 0.2) is 25.3 Å². The Balaban J connectivity index is 2.21. The molecule has 274 valence electrons. The number of carbonyl (C=O) groups excluding carboxylic acids is 4. The van der Waals surface area contributed by atoms with Gasteiger partial charge in [-0.2, -0.15) is 0 Å². The molecule has 0 bridgehead atoms. The predicted octanol–water partition coefficient (Wildman–Crippen LogP) is 3.36. The molecule has 1 saturated carbocycles. The average Bonchev–Trinajstić information content (AvgIpc) is 3.50. The van der Waals surface area contributed by atoms with E-state index in [1.54, 1.807) is 12.2 Å². The van der Waals surface area contributed by atoms with Crippen molar-refractivity contribution in [3.05, 3.63) is 25.3 Å². The molecule has 4 amide bonds. The molecule has 13 heteroatoms. The van der Waals surface area contributed by atoms with Crippen LogP contribution >= 0.6 is 0 Å². The number of ketones is 1. The molecule has 2 fully saturated rings. The Morgan fingerprint density at radius 3 is 2.23 bits per heavy atom. The zero-order valence-electron chi connectivity index (χ0n) is 29.8. The van der Waals surface area contributed by atoms with E-state index in [0.717, 1.165) is 19.3 Å². The minimum atomic E-state index is -3.43. The Bertz CT molecular complexity index is 1220. The number of likely N-dealkylation sites (tertiary alicyclic amines) is 1. The average molecular weight is 696 g/mol. The van der Waals surface area contributed by atoms with Crippen molar-refractivity contribution >= 4 is 33.5 Å². The summed E-state index contributed by atoms with van der Waals surface area (Å²) in [6, 6.07) is -3.29. The lowest BCUT2D eigenvalue weighted by molar-refractivity contribution is -0.141. The summed E-state index contributed by atoms with van der Waals surface area (Å²) in [6.07, 6.45) is 8.35. The molecule has 48 heavy (non-hydrogen) atoms. The molecule has 4 atom stereocenters. The largest absolute Gasteiger partial charge is 0.376 e. The summed E-state index contributed by atoms with van der Waals surface area (Å²) in [6.45, 7) is 17.3. The second-order valence-electron chi connectivity index (χ2n) is 15.0. The van der Waals surface area contributed by atoms with Gasteiger partial charge in [0.15, 0.2) is 9.84 Å². The van der Waals surface area contributed by atoms with E-state index in [0.29, 0.717) is 51.5 Å². The fraction of sp³-hybridized carbons (Fsp3) is 0.771. The molecule has 1 heterocycles. The SMILES string of the molecule is C=CCCNC(=O)C(=O)C(CCC=C)NC(O)C1CCCN1C(=O)C(NC(=O)NC1(CS(=O)(=O)CCC(C)C)CCCCC1)C(C)(C)C. The highest BCUT2D eigenvalue weighted by atomic mass is 32.2. The molecular weight excluding hydrogens is 634 g/mol. The second-order valence-corrected chi connectivity index (χ2v) is 17.2. The van der Waals surface area contributed by atoms with Crippen LogP contribution in [0.1, 0.15) is 105 Å². The maximum Gasteiger partial charge on any atom is 0.315 e. The van der Waals surface area contributed by atoms with E-state index in [1.807, 2.05) is 34.6 Å². The summed E-state index contributed by atoms with van der Waals surface area (Å²) in [4.78, 5) is 54.8. The minimum absolute atomic E-state index is 0.0611. The normalized spacial score (nSPS) is 20.0. The number of nitrogens with zero attached hydrogens (tertiary/aromatic N) is 1. The number of sulfone groups is 1. The van der Waals surface area contributed by atoms with Crippen LogP contribution in [-0.4, -0.2) is 96.5 Å². The molecule has 1 aliphatic carbocycles. The van der Waals surface area contributed by atoms with Gasteiger partial charge in [0, 0.05) is 13.1 Å². The predicted molar refractivity (Wildman–Crippen MR) is 189 cm³/mol. The van der Waals surface area contributed by atoms with Crippen LogP contribution < -0.4 is 21.3 Å². The molecule has 12 nitrogen and oxygen atoms in total. The number of allylic oxidation sites excluding steroid dienone is 1. The van der Waals surface area contributed by atoms with Crippen molar-refractivity contribution in [1.29, 1.82) is 0 Å². The standard InChI is InChI=1S/C35H61N5O7S/c1-8-10-16-26(28(41)31(43)36-21-11-9-2)37-30(42)27-17-15-22-40(27)32(44)29(34(5,6)7)38-33(45)39-35(19-13-12-14-20-35)24-48(46,47)23-18-25(3)4/h8-9,25-27,29-30,37,42H,1-2,10-24H2,3-7H3,(H,36,43)(H2,38,39,45). The molecule has 2 aliphatic rings. The van der Waals surface area contributed by atoms with Crippen molar-refractivity contribution in [2.24, 2.45) is 11.3 Å². The van der Waals surface area contributed by atoms with E-state index in [1.165, 1.54) is 4.90 Å². The number of amides is 4. The van der Waals surface area contributed by atoms with Crippen molar-refractivity contribution in [2.45, 2.75) is 135 Å². The lowest BCUT2D eigenvalue weighted by atomic mass is 9.83. The van der Waals surface area contributed by atoms with Crippen LogP contribution in [-0.2, 0) is 24.2 Å². The highest BCUT2D eigenvalue weighted by Gasteiger charge is 2.44. The van der Waals surface area contributed by atoms with Crippen molar-refractivity contribution < 1.29 is 32.7 Å². The zero-order chi connectivity index (χ0) is 36.1. The first-order chi connectivity index (χ1) is 22.4. The zero-order valence-corrected chi connectivity index (χ0v) is 30.6. The van der Waals surface area contributed by atoms with Crippen molar-refractivity contribution in [3.8, 4) is 0 Å². The first-order valence-corrected chi connectivity index (χ1v) is 19.3. The number of aliphatic hydroxyl groups is 1. The molecule has 1 aliphatic heterocycles. The molecule has 1 saturated heterocycles. The van der Waals surface area contributed by atoms with Crippen molar-refractivity contribution in [3.63, 3.8) is 0 Å². The number of nitrogens with one attached hydrogen (secondary N) is 4. The van der Waals surface area contributed by atoms with Crippen LogP contribution in [0, 0.1) is 11.3 Å². The van der Waals surface area contributed by atoms with E-state index >= 15 is 0 Å².